The number of ether oxygens (including phenoxy) is 2. The number of hydrogen-bond donors (Lipinski definition) is 0. The number of cyclic esters (lactones) is 1. The average Bonchev–Trinajstić information content (AvgIpc) is 3.28. The predicted octanol–water partition coefficient (Wildman–Crippen LogP) is 3.93. The quantitative estimate of drug-likeness (QED) is 0.533. The van der Waals surface area contributed by atoms with Crippen LogP contribution in [-0.2, 0) is 14.3 Å². The van der Waals surface area contributed by atoms with Crippen LogP contribution in [0.3, 0.4) is 0 Å². The number of aliphatic imine (C=N–C) groups is 1. The molecule has 1 saturated heterocycles. The van der Waals surface area contributed by atoms with E-state index in [9.17, 15) is 9.59 Å². The van der Waals surface area contributed by atoms with Crippen molar-refractivity contribution in [3.8, 4) is 5.75 Å². The highest BCUT2D eigenvalue weighted by Gasteiger charge is 2.26. The highest BCUT2D eigenvalue weighted by molar-refractivity contribution is 9.10. The van der Waals surface area contributed by atoms with Crippen molar-refractivity contribution in [3.05, 3.63) is 63.8 Å². The fourth-order valence-electron chi connectivity index (χ4n) is 3.20. The number of amides is 1. The number of nitrogens with zero attached hydrogens (tertiary/aromatic N) is 2. The van der Waals surface area contributed by atoms with E-state index in [2.05, 4.69) is 20.9 Å². The standard InChI is InChI=1S/C21H17BrN2O4/c1-27-18-9-6-15(22)11-14(18)12-17-21(26)28-20(23-17)13-4-7-16(8-5-13)24-10-2-3-19(24)25/h4-9,11-12H,2-3,10H2,1H3. The number of anilines is 1. The zero-order chi connectivity index (χ0) is 19.7. The van der Waals surface area contributed by atoms with Crippen molar-refractivity contribution < 1.29 is 19.1 Å². The summed E-state index contributed by atoms with van der Waals surface area (Å²) in [5.74, 6) is 0.484. The van der Waals surface area contributed by atoms with Crippen LogP contribution >= 0.6 is 15.9 Å². The molecule has 0 unspecified atom stereocenters. The van der Waals surface area contributed by atoms with Gasteiger partial charge in [-0.3, -0.25) is 4.79 Å². The number of hydrogen-bond acceptors (Lipinski definition) is 5. The summed E-state index contributed by atoms with van der Waals surface area (Å²) in [5.41, 5.74) is 2.43. The summed E-state index contributed by atoms with van der Waals surface area (Å²) in [6.45, 7) is 0.732. The van der Waals surface area contributed by atoms with Gasteiger partial charge in [0, 0.05) is 34.3 Å². The van der Waals surface area contributed by atoms with Gasteiger partial charge in [0.1, 0.15) is 5.75 Å². The SMILES string of the molecule is COc1ccc(Br)cc1C=C1N=C(c2ccc(N3CCCC3=O)cc2)OC1=O. The molecular formula is C21H17BrN2O4. The van der Waals surface area contributed by atoms with Crippen molar-refractivity contribution >= 4 is 45.5 Å². The minimum atomic E-state index is -0.518. The summed E-state index contributed by atoms with van der Waals surface area (Å²) in [7, 11) is 1.57. The molecular weight excluding hydrogens is 424 g/mol. The molecule has 6 nitrogen and oxygen atoms in total. The first-order chi connectivity index (χ1) is 13.5. The van der Waals surface area contributed by atoms with Crippen LogP contribution in [0.1, 0.15) is 24.0 Å². The van der Waals surface area contributed by atoms with Gasteiger partial charge in [-0.15, -0.1) is 0 Å². The minimum absolute atomic E-state index is 0.130. The lowest BCUT2D eigenvalue weighted by Gasteiger charge is -2.15. The maximum Gasteiger partial charge on any atom is 0.363 e. The van der Waals surface area contributed by atoms with Crippen molar-refractivity contribution in [3.63, 3.8) is 0 Å². The molecule has 0 atom stereocenters. The Kier molecular flexibility index (Phi) is 5.00. The molecule has 2 heterocycles. The Morgan fingerprint density at radius 3 is 2.64 bits per heavy atom. The second kappa shape index (κ2) is 7.59. The largest absolute Gasteiger partial charge is 0.496 e. The third-order valence-corrected chi connectivity index (χ3v) is 5.10. The van der Waals surface area contributed by atoms with E-state index in [-0.39, 0.29) is 17.5 Å². The number of carbonyl (C=O) groups excluding carboxylic acids is 2. The summed E-state index contributed by atoms with van der Waals surface area (Å²) in [4.78, 5) is 30.2. The average molecular weight is 441 g/mol. The zero-order valence-electron chi connectivity index (χ0n) is 15.1. The van der Waals surface area contributed by atoms with Gasteiger partial charge in [-0.25, -0.2) is 9.79 Å². The molecule has 0 bridgehead atoms. The third-order valence-electron chi connectivity index (χ3n) is 4.60. The molecule has 0 N–H and O–H groups in total. The molecule has 142 valence electrons. The molecule has 28 heavy (non-hydrogen) atoms. The van der Waals surface area contributed by atoms with Gasteiger partial charge < -0.3 is 14.4 Å². The monoisotopic (exact) mass is 440 g/mol. The summed E-state index contributed by atoms with van der Waals surface area (Å²) in [6, 6.07) is 12.8. The van der Waals surface area contributed by atoms with E-state index in [0.29, 0.717) is 17.7 Å². The molecule has 0 saturated carbocycles. The van der Waals surface area contributed by atoms with E-state index < -0.39 is 5.97 Å². The van der Waals surface area contributed by atoms with Crippen LogP contribution in [0, 0.1) is 0 Å². The fourth-order valence-corrected chi connectivity index (χ4v) is 3.58. The van der Waals surface area contributed by atoms with Crippen LogP contribution in [0.15, 0.2) is 57.6 Å². The summed E-state index contributed by atoms with van der Waals surface area (Å²) >= 11 is 3.41. The number of esters is 1. The van der Waals surface area contributed by atoms with Crippen LogP contribution in [0.5, 0.6) is 5.75 Å². The van der Waals surface area contributed by atoms with Crippen molar-refractivity contribution in [1.82, 2.24) is 0 Å². The van der Waals surface area contributed by atoms with Gasteiger partial charge in [0.15, 0.2) is 5.70 Å². The van der Waals surface area contributed by atoms with Crippen molar-refractivity contribution in [2.24, 2.45) is 4.99 Å². The minimum Gasteiger partial charge on any atom is -0.496 e. The van der Waals surface area contributed by atoms with Gasteiger partial charge in [0.05, 0.1) is 7.11 Å². The molecule has 0 aliphatic carbocycles. The fraction of sp³-hybridized carbons (Fsp3) is 0.190. The highest BCUT2D eigenvalue weighted by Crippen LogP contribution is 2.28. The van der Waals surface area contributed by atoms with E-state index in [4.69, 9.17) is 9.47 Å². The van der Waals surface area contributed by atoms with Crippen LogP contribution in [0.2, 0.25) is 0 Å². The Labute approximate surface area is 170 Å². The lowest BCUT2D eigenvalue weighted by Crippen LogP contribution is -2.23. The zero-order valence-corrected chi connectivity index (χ0v) is 16.7. The topological polar surface area (TPSA) is 68.2 Å². The van der Waals surface area contributed by atoms with Gasteiger partial charge in [0.25, 0.3) is 0 Å². The summed E-state index contributed by atoms with van der Waals surface area (Å²) < 4.78 is 11.5. The van der Waals surface area contributed by atoms with Crippen molar-refractivity contribution in [2.75, 3.05) is 18.6 Å². The molecule has 4 rings (SSSR count). The van der Waals surface area contributed by atoms with Gasteiger partial charge in [-0.1, -0.05) is 15.9 Å². The van der Waals surface area contributed by atoms with Crippen molar-refractivity contribution in [2.45, 2.75) is 12.8 Å². The van der Waals surface area contributed by atoms with E-state index in [1.165, 1.54) is 0 Å². The first kappa shape index (κ1) is 18.4. The third kappa shape index (κ3) is 3.57. The predicted molar refractivity (Wildman–Crippen MR) is 109 cm³/mol. The molecule has 1 amide bonds. The number of rotatable bonds is 4. The number of benzene rings is 2. The first-order valence-electron chi connectivity index (χ1n) is 8.82. The second-order valence-electron chi connectivity index (χ2n) is 6.42. The van der Waals surface area contributed by atoms with Crippen LogP contribution in [-0.4, -0.2) is 31.4 Å². The highest BCUT2D eigenvalue weighted by atomic mass is 79.9. The maximum absolute atomic E-state index is 12.3. The molecule has 2 aromatic rings. The molecule has 0 spiro atoms. The number of carbonyl (C=O) groups is 2. The van der Waals surface area contributed by atoms with Crippen LogP contribution in [0.4, 0.5) is 5.69 Å². The Morgan fingerprint density at radius 2 is 1.96 bits per heavy atom. The normalized spacial score (nSPS) is 17.9. The number of halogens is 1. The second-order valence-corrected chi connectivity index (χ2v) is 7.33. The molecule has 2 aliphatic rings. The van der Waals surface area contributed by atoms with Gasteiger partial charge >= 0.3 is 5.97 Å². The summed E-state index contributed by atoms with van der Waals surface area (Å²) in [5, 5.41) is 0. The number of methoxy groups -OCH3 is 1. The Bertz CT molecular complexity index is 1010. The Hall–Kier alpha value is -2.93. The molecule has 2 aliphatic heterocycles. The lowest BCUT2D eigenvalue weighted by atomic mass is 10.1. The van der Waals surface area contributed by atoms with E-state index >= 15 is 0 Å². The van der Waals surface area contributed by atoms with E-state index in [1.807, 2.05) is 24.3 Å². The molecule has 7 heteroatoms. The van der Waals surface area contributed by atoms with E-state index in [1.54, 1.807) is 36.3 Å². The Morgan fingerprint density at radius 1 is 1.18 bits per heavy atom. The Balaban J connectivity index is 1.61. The first-order valence-corrected chi connectivity index (χ1v) is 9.61. The molecule has 1 fully saturated rings. The van der Waals surface area contributed by atoms with Crippen molar-refractivity contribution in [1.29, 1.82) is 0 Å². The molecule has 0 radical (unpaired) electrons. The van der Waals surface area contributed by atoms with Crippen LogP contribution < -0.4 is 9.64 Å². The summed E-state index contributed by atoms with van der Waals surface area (Å²) in [6.07, 6.45) is 3.09. The van der Waals surface area contributed by atoms with E-state index in [0.717, 1.165) is 28.7 Å². The molecule has 0 aromatic heterocycles. The van der Waals surface area contributed by atoms with Gasteiger partial charge in [0.2, 0.25) is 11.8 Å². The van der Waals surface area contributed by atoms with Gasteiger partial charge in [-0.2, -0.15) is 0 Å². The van der Waals surface area contributed by atoms with Gasteiger partial charge in [-0.05, 0) is 55.0 Å². The smallest absolute Gasteiger partial charge is 0.363 e. The maximum atomic E-state index is 12.3. The molecule has 2 aromatic carbocycles. The van der Waals surface area contributed by atoms with Crippen LogP contribution in [0.25, 0.3) is 6.08 Å². The lowest BCUT2D eigenvalue weighted by molar-refractivity contribution is -0.130.